The normalized spacial score (nSPS) is 11.2. The summed E-state index contributed by atoms with van der Waals surface area (Å²) in [6.45, 7) is 6.16. The molecule has 0 amide bonds. The SMILES string of the molecule is COCCCn1cc(C)c2ccc(C)cc21. The molecule has 2 nitrogen and oxygen atoms in total. The maximum absolute atomic E-state index is 5.09. The highest BCUT2D eigenvalue weighted by molar-refractivity contribution is 5.84. The van der Waals surface area contributed by atoms with Gasteiger partial charge in [-0.2, -0.15) is 0 Å². The molecule has 2 heteroatoms. The Balaban J connectivity index is 2.33. The van der Waals surface area contributed by atoms with Crippen LogP contribution in [0.4, 0.5) is 0 Å². The molecule has 86 valence electrons. The van der Waals surface area contributed by atoms with E-state index in [1.54, 1.807) is 7.11 Å². The Morgan fingerprint density at radius 3 is 2.81 bits per heavy atom. The highest BCUT2D eigenvalue weighted by Gasteiger charge is 2.04. The summed E-state index contributed by atoms with van der Waals surface area (Å²) in [5.41, 5.74) is 4.01. The van der Waals surface area contributed by atoms with Crippen molar-refractivity contribution in [1.29, 1.82) is 0 Å². The van der Waals surface area contributed by atoms with Crippen LogP contribution in [-0.4, -0.2) is 18.3 Å². The molecule has 1 aromatic heterocycles. The van der Waals surface area contributed by atoms with E-state index >= 15 is 0 Å². The molecule has 1 aromatic carbocycles. The Kier molecular flexibility index (Phi) is 3.30. The van der Waals surface area contributed by atoms with Crippen molar-refractivity contribution in [2.75, 3.05) is 13.7 Å². The number of methoxy groups -OCH3 is 1. The van der Waals surface area contributed by atoms with Gasteiger partial charge in [-0.3, -0.25) is 0 Å². The Morgan fingerprint density at radius 2 is 2.06 bits per heavy atom. The predicted molar refractivity (Wildman–Crippen MR) is 67.9 cm³/mol. The number of fused-ring (bicyclic) bond motifs is 1. The number of rotatable bonds is 4. The Morgan fingerprint density at radius 1 is 1.25 bits per heavy atom. The number of aryl methyl sites for hydroxylation is 3. The van der Waals surface area contributed by atoms with Crippen molar-refractivity contribution in [2.45, 2.75) is 26.8 Å². The number of benzene rings is 1. The monoisotopic (exact) mass is 217 g/mol. The van der Waals surface area contributed by atoms with Gasteiger partial charge in [-0.1, -0.05) is 12.1 Å². The second-order valence-electron chi connectivity index (χ2n) is 4.37. The average molecular weight is 217 g/mol. The van der Waals surface area contributed by atoms with Crippen LogP contribution in [-0.2, 0) is 11.3 Å². The van der Waals surface area contributed by atoms with E-state index < -0.39 is 0 Å². The van der Waals surface area contributed by atoms with Gasteiger partial charge in [0, 0.05) is 37.4 Å². The van der Waals surface area contributed by atoms with E-state index in [0.29, 0.717) is 0 Å². The van der Waals surface area contributed by atoms with Crippen LogP contribution in [0.15, 0.2) is 24.4 Å². The van der Waals surface area contributed by atoms with E-state index in [0.717, 1.165) is 19.6 Å². The minimum Gasteiger partial charge on any atom is -0.385 e. The van der Waals surface area contributed by atoms with Gasteiger partial charge in [0.1, 0.15) is 0 Å². The van der Waals surface area contributed by atoms with Gasteiger partial charge in [0.15, 0.2) is 0 Å². The number of nitrogens with zero attached hydrogens (tertiary/aromatic N) is 1. The largest absolute Gasteiger partial charge is 0.385 e. The van der Waals surface area contributed by atoms with E-state index in [1.807, 2.05) is 0 Å². The minimum absolute atomic E-state index is 0.824. The van der Waals surface area contributed by atoms with Crippen molar-refractivity contribution in [3.05, 3.63) is 35.5 Å². The zero-order chi connectivity index (χ0) is 11.5. The third-order valence-electron chi connectivity index (χ3n) is 2.98. The lowest BCUT2D eigenvalue weighted by atomic mass is 10.1. The summed E-state index contributed by atoms with van der Waals surface area (Å²) in [4.78, 5) is 0. The Bertz CT molecular complexity index is 485. The van der Waals surface area contributed by atoms with E-state index in [2.05, 4.69) is 42.8 Å². The van der Waals surface area contributed by atoms with E-state index in [4.69, 9.17) is 4.74 Å². The van der Waals surface area contributed by atoms with Crippen LogP contribution in [0.5, 0.6) is 0 Å². The van der Waals surface area contributed by atoms with Gasteiger partial charge in [0.25, 0.3) is 0 Å². The number of aromatic nitrogens is 1. The maximum atomic E-state index is 5.09. The lowest BCUT2D eigenvalue weighted by Crippen LogP contribution is -1.99. The van der Waals surface area contributed by atoms with Crippen molar-refractivity contribution < 1.29 is 4.74 Å². The first-order chi connectivity index (χ1) is 7.72. The van der Waals surface area contributed by atoms with Crippen LogP contribution in [0, 0.1) is 13.8 Å². The highest BCUT2D eigenvalue weighted by Crippen LogP contribution is 2.22. The fourth-order valence-electron chi connectivity index (χ4n) is 2.15. The molecule has 0 bridgehead atoms. The summed E-state index contributed by atoms with van der Waals surface area (Å²) in [5.74, 6) is 0. The fraction of sp³-hybridized carbons (Fsp3) is 0.429. The molecule has 2 rings (SSSR count). The summed E-state index contributed by atoms with van der Waals surface area (Å²) in [6.07, 6.45) is 3.30. The molecule has 0 radical (unpaired) electrons. The quantitative estimate of drug-likeness (QED) is 0.717. The van der Waals surface area contributed by atoms with Gasteiger partial charge in [-0.25, -0.2) is 0 Å². The lowest BCUT2D eigenvalue weighted by Gasteiger charge is -2.05. The van der Waals surface area contributed by atoms with Crippen LogP contribution in [0.1, 0.15) is 17.5 Å². The zero-order valence-electron chi connectivity index (χ0n) is 10.3. The predicted octanol–water partition coefficient (Wildman–Crippen LogP) is 3.29. The fourth-order valence-corrected chi connectivity index (χ4v) is 2.15. The van der Waals surface area contributed by atoms with Crippen molar-refractivity contribution in [3.8, 4) is 0 Å². The van der Waals surface area contributed by atoms with E-state index in [-0.39, 0.29) is 0 Å². The Hall–Kier alpha value is -1.28. The first-order valence-electron chi connectivity index (χ1n) is 5.77. The lowest BCUT2D eigenvalue weighted by molar-refractivity contribution is 0.190. The van der Waals surface area contributed by atoms with Crippen LogP contribution >= 0.6 is 0 Å². The third kappa shape index (κ3) is 2.12. The maximum Gasteiger partial charge on any atom is 0.0485 e. The Labute approximate surface area is 96.8 Å². The van der Waals surface area contributed by atoms with E-state index in [1.165, 1.54) is 22.0 Å². The molecule has 0 saturated heterocycles. The van der Waals surface area contributed by atoms with E-state index in [9.17, 15) is 0 Å². The number of ether oxygens (including phenoxy) is 1. The molecule has 0 aliphatic carbocycles. The standard InChI is InChI=1S/C14H19NO/c1-11-5-6-13-12(2)10-15(14(13)9-11)7-4-8-16-3/h5-6,9-10H,4,7-8H2,1-3H3. The first kappa shape index (κ1) is 11.2. The topological polar surface area (TPSA) is 14.2 Å². The van der Waals surface area contributed by atoms with Crippen LogP contribution < -0.4 is 0 Å². The second-order valence-corrected chi connectivity index (χ2v) is 4.37. The van der Waals surface area contributed by atoms with Gasteiger partial charge in [-0.05, 0) is 37.5 Å². The molecule has 2 aromatic rings. The molecule has 0 unspecified atom stereocenters. The summed E-state index contributed by atoms with van der Waals surface area (Å²) in [5, 5.41) is 1.36. The van der Waals surface area contributed by atoms with Gasteiger partial charge in [0.2, 0.25) is 0 Å². The summed E-state index contributed by atoms with van der Waals surface area (Å²) >= 11 is 0. The molecule has 0 aliphatic rings. The molecule has 1 heterocycles. The van der Waals surface area contributed by atoms with Crippen molar-refractivity contribution in [3.63, 3.8) is 0 Å². The molecule has 0 spiro atoms. The van der Waals surface area contributed by atoms with Gasteiger partial charge in [0.05, 0.1) is 0 Å². The van der Waals surface area contributed by atoms with Crippen molar-refractivity contribution >= 4 is 10.9 Å². The van der Waals surface area contributed by atoms with Gasteiger partial charge >= 0.3 is 0 Å². The van der Waals surface area contributed by atoms with Crippen LogP contribution in [0.2, 0.25) is 0 Å². The first-order valence-corrected chi connectivity index (χ1v) is 5.77. The molecule has 0 N–H and O–H groups in total. The van der Waals surface area contributed by atoms with Crippen LogP contribution in [0.25, 0.3) is 10.9 Å². The van der Waals surface area contributed by atoms with Crippen molar-refractivity contribution in [1.82, 2.24) is 4.57 Å². The van der Waals surface area contributed by atoms with Crippen molar-refractivity contribution in [2.24, 2.45) is 0 Å². The molecule has 16 heavy (non-hydrogen) atoms. The molecular weight excluding hydrogens is 198 g/mol. The zero-order valence-corrected chi connectivity index (χ0v) is 10.3. The van der Waals surface area contributed by atoms with Gasteiger partial charge < -0.3 is 9.30 Å². The average Bonchev–Trinajstić information content (AvgIpc) is 2.56. The minimum atomic E-state index is 0.824. The summed E-state index contributed by atoms with van der Waals surface area (Å²) < 4.78 is 7.42. The second kappa shape index (κ2) is 4.71. The van der Waals surface area contributed by atoms with Crippen LogP contribution in [0.3, 0.4) is 0 Å². The van der Waals surface area contributed by atoms with Gasteiger partial charge in [-0.15, -0.1) is 0 Å². The summed E-state index contributed by atoms with van der Waals surface area (Å²) in [7, 11) is 1.75. The molecule has 0 fully saturated rings. The molecule has 0 atom stereocenters. The highest BCUT2D eigenvalue weighted by atomic mass is 16.5. The summed E-state index contributed by atoms with van der Waals surface area (Å²) in [6, 6.07) is 6.65. The molecule has 0 aliphatic heterocycles. The number of hydrogen-bond acceptors (Lipinski definition) is 1. The molecule has 0 saturated carbocycles. The smallest absolute Gasteiger partial charge is 0.0485 e. The molecular formula is C14H19NO. The third-order valence-corrected chi connectivity index (χ3v) is 2.98. The number of hydrogen-bond donors (Lipinski definition) is 0.